The SMILES string of the molecule is CCCCCCCCC=C(C)C(=O)OCCCCCCCCCC. The van der Waals surface area contributed by atoms with Crippen LogP contribution in [-0.4, -0.2) is 12.6 Å². The fourth-order valence-corrected chi connectivity index (χ4v) is 2.84. The Labute approximate surface area is 151 Å². The van der Waals surface area contributed by atoms with E-state index in [1.807, 2.05) is 6.92 Å². The lowest BCUT2D eigenvalue weighted by Crippen LogP contribution is -2.07. The first-order valence-electron chi connectivity index (χ1n) is 10.6. The maximum atomic E-state index is 11.9. The van der Waals surface area contributed by atoms with Gasteiger partial charge in [-0.25, -0.2) is 4.79 Å². The fraction of sp³-hybridized carbons (Fsp3) is 0.864. The van der Waals surface area contributed by atoms with Crippen molar-refractivity contribution in [1.82, 2.24) is 0 Å². The highest BCUT2D eigenvalue weighted by atomic mass is 16.5. The van der Waals surface area contributed by atoms with Crippen LogP contribution in [-0.2, 0) is 9.53 Å². The summed E-state index contributed by atoms with van der Waals surface area (Å²) in [5.74, 6) is -0.121. The molecule has 0 N–H and O–H groups in total. The second kappa shape index (κ2) is 18.5. The van der Waals surface area contributed by atoms with Crippen LogP contribution in [0, 0.1) is 0 Å². The van der Waals surface area contributed by atoms with Crippen molar-refractivity contribution in [2.45, 2.75) is 117 Å². The number of esters is 1. The third-order valence-electron chi connectivity index (χ3n) is 4.56. The third-order valence-corrected chi connectivity index (χ3v) is 4.56. The van der Waals surface area contributed by atoms with Gasteiger partial charge in [-0.2, -0.15) is 0 Å². The molecule has 142 valence electrons. The smallest absolute Gasteiger partial charge is 0.333 e. The van der Waals surface area contributed by atoms with Crippen molar-refractivity contribution in [2.75, 3.05) is 6.61 Å². The first kappa shape index (κ1) is 23.2. The first-order chi connectivity index (χ1) is 11.7. The van der Waals surface area contributed by atoms with Gasteiger partial charge in [0.25, 0.3) is 0 Å². The van der Waals surface area contributed by atoms with Gasteiger partial charge in [0.05, 0.1) is 6.61 Å². The van der Waals surface area contributed by atoms with E-state index in [1.54, 1.807) is 0 Å². The van der Waals surface area contributed by atoms with Crippen molar-refractivity contribution < 1.29 is 9.53 Å². The van der Waals surface area contributed by atoms with Gasteiger partial charge in [0, 0.05) is 5.57 Å². The average molecular weight is 339 g/mol. The Hall–Kier alpha value is -0.790. The summed E-state index contributed by atoms with van der Waals surface area (Å²) in [6.45, 7) is 6.95. The minimum Gasteiger partial charge on any atom is -0.462 e. The molecule has 0 spiro atoms. The quantitative estimate of drug-likeness (QED) is 0.157. The van der Waals surface area contributed by atoms with Crippen molar-refractivity contribution >= 4 is 5.97 Å². The molecule has 24 heavy (non-hydrogen) atoms. The van der Waals surface area contributed by atoms with Gasteiger partial charge in [0.15, 0.2) is 0 Å². The zero-order chi connectivity index (χ0) is 17.9. The number of rotatable bonds is 17. The van der Waals surface area contributed by atoms with E-state index in [9.17, 15) is 4.79 Å². The van der Waals surface area contributed by atoms with Crippen LogP contribution in [0.25, 0.3) is 0 Å². The zero-order valence-corrected chi connectivity index (χ0v) is 16.7. The van der Waals surface area contributed by atoms with Crippen LogP contribution < -0.4 is 0 Å². The van der Waals surface area contributed by atoms with E-state index in [1.165, 1.54) is 83.5 Å². The molecule has 2 nitrogen and oxygen atoms in total. The summed E-state index contributed by atoms with van der Waals surface area (Å²) in [4.78, 5) is 11.9. The van der Waals surface area contributed by atoms with E-state index in [2.05, 4.69) is 19.9 Å². The number of carbonyl (C=O) groups is 1. The van der Waals surface area contributed by atoms with E-state index in [0.29, 0.717) is 6.61 Å². The largest absolute Gasteiger partial charge is 0.462 e. The number of allylic oxidation sites excluding steroid dienone is 1. The monoisotopic (exact) mass is 338 g/mol. The first-order valence-corrected chi connectivity index (χ1v) is 10.6. The normalized spacial score (nSPS) is 11.7. The lowest BCUT2D eigenvalue weighted by Gasteiger charge is -2.05. The van der Waals surface area contributed by atoms with Crippen molar-refractivity contribution in [2.24, 2.45) is 0 Å². The van der Waals surface area contributed by atoms with Gasteiger partial charge in [-0.1, -0.05) is 97.0 Å². The van der Waals surface area contributed by atoms with Gasteiger partial charge in [0.2, 0.25) is 0 Å². The molecule has 0 aromatic rings. The molecule has 0 saturated heterocycles. The molecule has 0 aromatic carbocycles. The molecule has 0 aliphatic carbocycles. The van der Waals surface area contributed by atoms with E-state index < -0.39 is 0 Å². The summed E-state index contributed by atoms with van der Waals surface area (Å²) in [5, 5.41) is 0. The van der Waals surface area contributed by atoms with Gasteiger partial charge >= 0.3 is 5.97 Å². The maximum Gasteiger partial charge on any atom is 0.333 e. The second-order valence-electron chi connectivity index (χ2n) is 7.05. The van der Waals surface area contributed by atoms with E-state index >= 15 is 0 Å². The van der Waals surface area contributed by atoms with Gasteiger partial charge in [0.1, 0.15) is 0 Å². The molecule has 0 aromatic heterocycles. The van der Waals surface area contributed by atoms with Crippen LogP contribution in [0.15, 0.2) is 11.6 Å². The summed E-state index contributed by atoms with van der Waals surface area (Å²) in [5.41, 5.74) is 0.781. The van der Waals surface area contributed by atoms with E-state index in [-0.39, 0.29) is 5.97 Å². The number of unbranched alkanes of at least 4 members (excludes halogenated alkanes) is 13. The van der Waals surface area contributed by atoms with Gasteiger partial charge in [-0.15, -0.1) is 0 Å². The minimum atomic E-state index is -0.121. The van der Waals surface area contributed by atoms with Gasteiger partial charge in [-0.05, 0) is 26.2 Å². The van der Waals surface area contributed by atoms with E-state index in [0.717, 1.165) is 18.4 Å². The molecule has 0 aliphatic rings. The number of hydrogen-bond acceptors (Lipinski definition) is 2. The average Bonchev–Trinajstić information content (AvgIpc) is 2.59. The van der Waals surface area contributed by atoms with Crippen molar-refractivity contribution in [1.29, 1.82) is 0 Å². The highest BCUT2D eigenvalue weighted by Crippen LogP contribution is 2.10. The van der Waals surface area contributed by atoms with Crippen molar-refractivity contribution in [3.05, 3.63) is 11.6 Å². The predicted octanol–water partition coefficient (Wildman–Crippen LogP) is 7.37. The third kappa shape index (κ3) is 16.1. The topological polar surface area (TPSA) is 26.3 Å². The molecule has 0 unspecified atom stereocenters. The molecule has 2 heteroatoms. The lowest BCUT2D eigenvalue weighted by atomic mass is 10.1. The molecule has 0 fully saturated rings. The Morgan fingerprint density at radius 3 is 1.71 bits per heavy atom. The zero-order valence-electron chi connectivity index (χ0n) is 16.7. The van der Waals surface area contributed by atoms with Crippen LogP contribution in [0.5, 0.6) is 0 Å². The van der Waals surface area contributed by atoms with Crippen LogP contribution in [0.4, 0.5) is 0 Å². The molecule has 0 bridgehead atoms. The Morgan fingerprint density at radius 1 is 0.708 bits per heavy atom. The standard InChI is InChI=1S/C22H42O2/c1-4-6-8-10-12-14-16-18-20-24-22(23)21(3)19-17-15-13-11-9-7-5-2/h19H,4-18,20H2,1-3H3. The summed E-state index contributed by atoms with van der Waals surface area (Å²) < 4.78 is 5.35. The molecular formula is C22H42O2. The molecular weight excluding hydrogens is 296 g/mol. The summed E-state index contributed by atoms with van der Waals surface area (Å²) in [6.07, 6.45) is 21.0. The maximum absolute atomic E-state index is 11.9. The van der Waals surface area contributed by atoms with Crippen LogP contribution in [0.2, 0.25) is 0 Å². The number of carbonyl (C=O) groups excluding carboxylic acids is 1. The fourth-order valence-electron chi connectivity index (χ4n) is 2.84. The highest BCUT2D eigenvalue weighted by molar-refractivity contribution is 5.87. The lowest BCUT2D eigenvalue weighted by molar-refractivity contribution is -0.139. The molecule has 0 amide bonds. The van der Waals surface area contributed by atoms with E-state index in [4.69, 9.17) is 4.74 Å². The van der Waals surface area contributed by atoms with Crippen LogP contribution in [0.1, 0.15) is 117 Å². The Morgan fingerprint density at radius 2 is 1.17 bits per heavy atom. The van der Waals surface area contributed by atoms with Gasteiger partial charge < -0.3 is 4.74 Å². The number of hydrogen-bond donors (Lipinski definition) is 0. The summed E-state index contributed by atoms with van der Waals surface area (Å²) in [7, 11) is 0. The molecule has 0 aliphatic heterocycles. The summed E-state index contributed by atoms with van der Waals surface area (Å²) in [6, 6.07) is 0. The minimum absolute atomic E-state index is 0.121. The molecule has 0 radical (unpaired) electrons. The number of ether oxygens (including phenoxy) is 1. The predicted molar refractivity (Wildman–Crippen MR) is 105 cm³/mol. The van der Waals surface area contributed by atoms with Crippen LogP contribution >= 0.6 is 0 Å². The summed E-state index contributed by atoms with van der Waals surface area (Å²) >= 11 is 0. The molecule has 0 heterocycles. The molecule has 0 saturated carbocycles. The van der Waals surface area contributed by atoms with Crippen molar-refractivity contribution in [3.63, 3.8) is 0 Å². The Bertz CT molecular complexity index is 307. The Balaban J connectivity index is 3.46. The second-order valence-corrected chi connectivity index (χ2v) is 7.05. The molecule has 0 rings (SSSR count). The van der Waals surface area contributed by atoms with Gasteiger partial charge in [-0.3, -0.25) is 0 Å². The van der Waals surface area contributed by atoms with Crippen LogP contribution in [0.3, 0.4) is 0 Å². The Kier molecular flexibility index (Phi) is 17.9. The van der Waals surface area contributed by atoms with Crippen molar-refractivity contribution in [3.8, 4) is 0 Å². The highest BCUT2D eigenvalue weighted by Gasteiger charge is 2.04. The molecule has 0 atom stereocenters.